The van der Waals surface area contributed by atoms with Gasteiger partial charge in [0.25, 0.3) is 5.91 Å². The molecule has 1 atom stereocenters. The fraction of sp³-hybridized carbons (Fsp3) is 0.263. The Balaban J connectivity index is 1.66. The lowest BCUT2D eigenvalue weighted by atomic mass is 10.0. The highest BCUT2D eigenvalue weighted by atomic mass is 35.5. The second kappa shape index (κ2) is 7.66. The van der Waals surface area contributed by atoms with Crippen molar-refractivity contribution in [3.8, 4) is 11.5 Å². The van der Waals surface area contributed by atoms with Crippen molar-refractivity contribution in [2.45, 2.75) is 19.4 Å². The van der Waals surface area contributed by atoms with Gasteiger partial charge < -0.3 is 19.9 Å². The third-order valence-electron chi connectivity index (χ3n) is 4.09. The van der Waals surface area contributed by atoms with Crippen LogP contribution in [-0.4, -0.2) is 30.2 Å². The first-order chi connectivity index (χ1) is 12.4. The summed E-state index contributed by atoms with van der Waals surface area (Å²) in [7, 11) is 0. The van der Waals surface area contributed by atoms with Gasteiger partial charge in [-0.05, 0) is 53.9 Å². The van der Waals surface area contributed by atoms with Crippen LogP contribution in [0, 0.1) is 6.92 Å². The minimum Gasteiger partial charge on any atom is -0.493 e. The van der Waals surface area contributed by atoms with Gasteiger partial charge in [0.1, 0.15) is 11.5 Å². The summed E-state index contributed by atoms with van der Waals surface area (Å²) in [5.41, 5.74) is 2.23. The standard InChI is InChI=1S/C19H18ClNO5/c1-11-8-14(20)3-5-15(11)26-10-17(22)21-18(19(23)24)13-2-4-16-12(9-13)6-7-25-16/h2-5,8-9,18H,6-7,10H2,1H3,(H,21,22)(H,23,24). The molecule has 0 bridgehead atoms. The normalized spacial score (nSPS) is 13.5. The number of carboxylic acid groups (broad SMARTS) is 1. The molecule has 0 fully saturated rings. The number of hydrogen-bond acceptors (Lipinski definition) is 4. The molecule has 0 aliphatic carbocycles. The van der Waals surface area contributed by atoms with Crippen molar-refractivity contribution < 1.29 is 24.2 Å². The van der Waals surface area contributed by atoms with E-state index in [1.54, 1.807) is 36.4 Å². The van der Waals surface area contributed by atoms with Crippen LogP contribution in [0.4, 0.5) is 0 Å². The van der Waals surface area contributed by atoms with Crippen molar-refractivity contribution in [3.63, 3.8) is 0 Å². The van der Waals surface area contributed by atoms with Gasteiger partial charge in [-0.1, -0.05) is 17.7 Å². The molecule has 1 heterocycles. The average molecular weight is 376 g/mol. The van der Waals surface area contributed by atoms with Crippen LogP contribution in [0.5, 0.6) is 11.5 Å². The molecule has 1 unspecified atom stereocenters. The van der Waals surface area contributed by atoms with Gasteiger partial charge in [-0.15, -0.1) is 0 Å². The Kier molecular flexibility index (Phi) is 5.32. The lowest BCUT2D eigenvalue weighted by Gasteiger charge is -2.16. The molecule has 2 aromatic carbocycles. The molecule has 2 aromatic rings. The summed E-state index contributed by atoms with van der Waals surface area (Å²) in [5.74, 6) is -0.389. The van der Waals surface area contributed by atoms with E-state index in [1.165, 1.54) is 0 Å². The number of fused-ring (bicyclic) bond motifs is 1. The summed E-state index contributed by atoms with van der Waals surface area (Å²) in [4.78, 5) is 23.8. The summed E-state index contributed by atoms with van der Waals surface area (Å²) in [6.45, 7) is 2.10. The number of carbonyl (C=O) groups is 2. The third kappa shape index (κ3) is 4.08. The van der Waals surface area contributed by atoms with Crippen molar-refractivity contribution >= 4 is 23.5 Å². The molecule has 136 valence electrons. The quantitative estimate of drug-likeness (QED) is 0.811. The van der Waals surface area contributed by atoms with Gasteiger partial charge in [-0.3, -0.25) is 4.79 Å². The zero-order valence-corrected chi connectivity index (χ0v) is 14.9. The van der Waals surface area contributed by atoms with Crippen molar-refractivity contribution in [1.29, 1.82) is 0 Å². The highest BCUT2D eigenvalue weighted by molar-refractivity contribution is 6.30. The lowest BCUT2D eigenvalue weighted by molar-refractivity contribution is -0.142. The predicted octanol–water partition coefficient (Wildman–Crippen LogP) is 2.90. The van der Waals surface area contributed by atoms with Crippen molar-refractivity contribution in [1.82, 2.24) is 5.32 Å². The SMILES string of the molecule is Cc1cc(Cl)ccc1OCC(=O)NC(C(=O)O)c1ccc2c(c1)CCO2. The number of amides is 1. The molecule has 3 rings (SSSR count). The molecule has 2 N–H and O–H groups in total. The van der Waals surface area contributed by atoms with Crippen LogP contribution in [0.1, 0.15) is 22.7 Å². The van der Waals surface area contributed by atoms with E-state index in [1.807, 2.05) is 6.92 Å². The van der Waals surface area contributed by atoms with Crippen LogP contribution >= 0.6 is 11.6 Å². The van der Waals surface area contributed by atoms with Crippen LogP contribution in [0.25, 0.3) is 0 Å². The zero-order chi connectivity index (χ0) is 18.7. The smallest absolute Gasteiger partial charge is 0.330 e. The third-order valence-corrected chi connectivity index (χ3v) is 4.33. The van der Waals surface area contributed by atoms with Gasteiger partial charge in [0, 0.05) is 11.4 Å². The number of aliphatic carboxylic acids is 1. The first-order valence-electron chi connectivity index (χ1n) is 8.11. The van der Waals surface area contributed by atoms with E-state index in [-0.39, 0.29) is 6.61 Å². The second-order valence-corrected chi connectivity index (χ2v) is 6.44. The lowest BCUT2D eigenvalue weighted by Crippen LogP contribution is -2.36. The monoisotopic (exact) mass is 375 g/mol. The van der Waals surface area contributed by atoms with Gasteiger partial charge in [0.05, 0.1) is 6.61 Å². The molecule has 26 heavy (non-hydrogen) atoms. The zero-order valence-electron chi connectivity index (χ0n) is 14.1. The van der Waals surface area contributed by atoms with Crippen LogP contribution in [0.15, 0.2) is 36.4 Å². The van der Waals surface area contributed by atoms with Crippen LogP contribution in [-0.2, 0) is 16.0 Å². The van der Waals surface area contributed by atoms with E-state index >= 15 is 0 Å². The molecule has 0 spiro atoms. The molecule has 0 radical (unpaired) electrons. The maximum atomic E-state index is 12.2. The Morgan fingerprint density at radius 1 is 1.31 bits per heavy atom. The molecule has 7 heteroatoms. The number of hydrogen-bond donors (Lipinski definition) is 2. The summed E-state index contributed by atoms with van der Waals surface area (Å²) in [5, 5.41) is 12.6. The number of ether oxygens (including phenoxy) is 2. The Bertz CT molecular complexity index is 852. The minimum absolute atomic E-state index is 0.291. The van der Waals surface area contributed by atoms with Gasteiger partial charge >= 0.3 is 5.97 Å². The van der Waals surface area contributed by atoms with Crippen LogP contribution in [0.2, 0.25) is 5.02 Å². The molecule has 1 aliphatic heterocycles. The van der Waals surface area contributed by atoms with E-state index in [2.05, 4.69) is 5.32 Å². The van der Waals surface area contributed by atoms with Crippen LogP contribution < -0.4 is 14.8 Å². The van der Waals surface area contributed by atoms with Crippen molar-refractivity contribution in [2.24, 2.45) is 0 Å². The Morgan fingerprint density at radius 2 is 2.12 bits per heavy atom. The summed E-state index contributed by atoms with van der Waals surface area (Å²) < 4.78 is 10.9. The van der Waals surface area contributed by atoms with E-state index in [0.29, 0.717) is 22.9 Å². The van der Waals surface area contributed by atoms with E-state index in [4.69, 9.17) is 21.1 Å². The second-order valence-electron chi connectivity index (χ2n) is 6.00. The number of aryl methyl sites for hydroxylation is 1. The molecule has 0 saturated heterocycles. The average Bonchev–Trinajstić information content (AvgIpc) is 3.06. The Hall–Kier alpha value is -2.73. The van der Waals surface area contributed by atoms with Crippen molar-refractivity contribution in [2.75, 3.05) is 13.2 Å². The van der Waals surface area contributed by atoms with Crippen LogP contribution in [0.3, 0.4) is 0 Å². The minimum atomic E-state index is -1.15. The van der Waals surface area contributed by atoms with Gasteiger partial charge in [0.2, 0.25) is 0 Å². The molecule has 1 aliphatic rings. The molecule has 6 nitrogen and oxygen atoms in total. The summed E-state index contributed by atoms with van der Waals surface area (Å²) in [6.07, 6.45) is 0.725. The number of benzene rings is 2. The first-order valence-corrected chi connectivity index (χ1v) is 8.48. The highest BCUT2D eigenvalue weighted by Crippen LogP contribution is 2.28. The summed E-state index contributed by atoms with van der Waals surface area (Å²) in [6, 6.07) is 9.03. The number of halogens is 1. The molecule has 1 amide bonds. The Morgan fingerprint density at radius 3 is 2.85 bits per heavy atom. The summed E-state index contributed by atoms with van der Waals surface area (Å²) >= 11 is 5.88. The maximum absolute atomic E-state index is 12.2. The van der Waals surface area contributed by atoms with Gasteiger partial charge in [0.15, 0.2) is 12.6 Å². The fourth-order valence-electron chi connectivity index (χ4n) is 2.79. The maximum Gasteiger partial charge on any atom is 0.330 e. The molecule has 0 aromatic heterocycles. The number of carbonyl (C=O) groups excluding carboxylic acids is 1. The first kappa shape index (κ1) is 18.1. The number of rotatable bonds is 6. The van der Waals surface area contributed by atoms with E-state index < -0.39 is 17.9 Å². The number of nitrogens with one attached hydrogen (secondary N) is 1. The van der Waals surface area contributed by atoms with Gasteiger partial charge in [-0.25, -0.2) is 4.79 Å². The predicted molar refractivity (Wildman–Crippen MR) is 95.8 cm³/mol. The number of carboxylic acids is 1. The van der Waals surface area contributed by atoms with E-state index in [9.17, 15) is 14.7 Å². The van der Waals surface area contributed by atoms with Gasteiger partial charge in [-0.2, -0.15) is 0 Å². The Labute approximate surface area is 155 Å². The largest absolute Gasteiger partial charge is 0.493 e. The fourth-order valence-corrected chi connectivity index (χ4v) is 3.02. The highest BCUT2D eigenvalue weighted by Gasteiger charge is 2.24. The molecule has 0 saturated carbocycles. The topological polar surface area (TPSA) is 84.9 Å². The van der Waals surface area contributed by atoms with Crippen molar-refractivity contribution in [3.05, 3.63) is 58.1 Å². The molecular formula is C19H18ClNO5. The van der Waals surface area contributed by atoms with E-state index in [0.717, 1.165) is 23.3 Å². The molecular weight excluding hydrogens is 358 g/mol.